The molecule has 0 amide bonds. The Labute approximate surface area is 116 Å². The van der Waals surface area contributed by atoms with Gasteiger partial charge in [-0.25, -0.2) is 0 Å². The second-order valence-electron chi connectivity index (χ2n) is 4.18. The number of aryl methyl sites for hydroxylation is 1. The Morgan fingerprint density at radius 1 is 1.56 bits per heavy atom. The van der Waals surface area contributed by atoms with E-state index < -0.39 is 5.54 Å². The number of rotatable bonds is 7. The molecule has 7 heteroatoms. The van der Waals surface area contributed by atoms with Crippen molar-refractivity contribution in [3.8, 4) is 0 Å². The Morgan fingerprint density at radius 3 is 2.83 bits per heavy atom. The smallest absolute Gasteiger partial charge is 0.325 e. The molecule has 102 valence electrons. The Kier molecular flexibility index (Phi) is 6.04. The maximum Gasteiger partial charge on any atom is 0.325 e. The van der Waals surface area contributed by atoms with Gasteiger partial charge < -0.3 is 10.5 Å². The fraction of sp³-hybridized carbons (Fsp3) is 0.727. The van der Waals surface area contributed by atoms with Crippen LogP contribution in [0, 0.1) is 6.92 Å². The first-order valence-electron chi connectivity index (χ1n) is 5.84. The zero-order valence-corrected chi connectivity index (χ0v) is 12.6. The summed E-state index contributed by atoms with van der Waals surface area (Å²) >= 11 is 3.22. The Bertz CT molecular complexity index is 393. The zero-order chi connectivity index (χ0) is 13.6. The molecule has 1 atom stereocenters. The molecule has 0 saturated carbocycles. The number of aromatic nitrogens is 2. The van der Waals surface area contributed by atoms with Crippen molar-refractivity contribution in [1.82, 2.24) is 10.2 Å². The van der Waals surface area contributed by atoms with Crippen LogP contribution in [0.25, 0.3) is 0 Å². The number of nitrogens with two attached hydrogens (primary N) is 1. The van der Waals surface area contributed by atoms with E-state index >= 15 is 0 Å². The summed E-state index contributed by atoms with van der Waals surface area (Å²) in [6.45, 7) is 5.79. The molecular formula is C11H19N3O2S2. The van der Waals surface area contributed by atoms with Gasteiger partial charge in [0.25, 0.3) is 0 Å². The molecule has 0 aliphatic carbocycles. The molecule has 0 aromatic carbocycles. The van der Waals surface area contributed by atoms with Gasteiger partial charge in [0.15, 0.2) is 4.34 Å². The number of hydrogen-bond donors (Lipinski definition) is 1. The molecule has 0 aliphatic rings. The molecular weight excluding hydrogens is 270 g/mol. The lowest BCUT2D eigenvalue weighted by molar-refractivity contribution is -0.149. The molecule has 1 aromatic heterocycles. The van der Waals surface area contributed by atoms with E-state index in [1.54, 1.807) is 36.9 Å². The summed E-state index contributed by atoms with van der Waals surface area (Å²) in [5, 5.41) is 8.93. The second-order valence-corrected chi connectivity index (χ2v) is 6.70. The van der Waals surface area contributed by atoms with Crippen molar-refractivity contribution < 1.29 is 9.53 Å². The van der Waals surface area contributed by atoms with E-state index in [0.29, 0.717) is 13.0 Å². The van der Waals surface area contributed by atoms with Gasteiger partial charge in [-0.05, 0) is 33.6 Å². The molecule has 1 heterocycles. The molecule has 0 bridgehead atoms. The molecule has 5 nitrogen and oxygen atoms in total. The first kappa shape index (κ1) is 15.4. The minimum absolute atomic E-state index is 0.332. The van der Waals surface area contributed by atoms with Crippen molar-refractivity contribution in [1.29, 1.82) is 0 Å². The van der Waals surface area contributed by atoms with Gasteiger partial charge in [0.2, 0.25) is 0 Å². The average Bonchev–Trinajstić information content (AvgIpc) is 2.71. The minimum Gasteiger partial charge on any atom is -0.465 e. The molecule has 1 aromatic rings. The van der Waals surface area contributed by atoms with E-state index in [-0.39, 0.29) is 5.97 Å². The number of thioether (sulfide) groups is 1. The summed E-state index contributed by atoms with van der Waals surface area (Å²) < 4.78 is 5.89. The van der Waals surface area contributed by atoms with Gasteiger partial charge in [-0.1, -0.05) is 23.1 Å². The summed E-state index contributed by atoms with van der Waals surface area (Å²) in [4.78, 5) is 11.6. The minimum atomic E-state index is -0.895. The monoisotopic (exact) mass is 289 g/mol. The van der Waals surface area contributed by atoms with Crippen LogP contribution in [0.3, 0.4) is 0 Å². The fourth-order valence-electron chi connectivity index (χ4n) is 1.33. The molecule has 1 unspecified atom stereocenters. The maximum atomic E-state index is 11.6. The van der Waals surface area contributed by atoms with E-state index in [1.165, 1.54) is 0 Å². The van der Waals surface area contributed by atoms with Crippen molar-refractivity contribution in [3.63, 3.8) is 0 Å². The van der Waals surface area contributed by atoms with E-state index in [9.17, 15) is 4.79 Å². The number of carbonyl (C=O) groups excluding carboxylic acids is 1. The third-order valence-corrected chi connectivity index (χ3v) is 4.37. The van der Waals surface area contributed by atoms with Crippen LogP contribution in [0.5, 0.6) is 0 Å². The summed E-state index contributed by atoms with van der Waals surface area (Å²) in [5.41, 5.74) is 5.03. The number of carbonyl (C=O) groups is 1. The van der Waals surface area contributed by atoms with Gasteiger partial charge in [0.05, 0.1) is 6.61 Å². The summed E-state index contributed by atoms with van der Waals surface area (Å²) in [5.74, 6) is 0.544. The standard InChI is InChI=1S/C11H19N3O2S2/c1-4-16-9(15)11(3,12)6-5-7-17-10-14-13-8(2)18-10/h4-7,12H2,1-3H3. The van der Waals surface area contributed by atoms with Gasteiger partial charge in [0.1, 0.15) is 10.5 Å². The Hall–Kier alpha value is -0.660. The van der Waals surface area contributed by atoms with Crippen LogP contribution in [0.4, 0.5) is 0 Å². The van der Waals surface area contributed by atoms with E-state index in [4.69, 9.17) is 10.5 Å². The second kappa shape index (κ2) is 7.06. The SMILES string of the molecule is CCOC(=O)C(C)(N)CCCSc1nnc(C)s1. The highest BCUT2D eigenvalue weighted by Gasteiger charge is 2.29. The van der Waals surface area contributed by atoms with Gasteiger partial charge >= 0.3 is 5.97 Å². The predicted octanol–water partition coefficient (Wildman–Crippen LogP) is 2.00. The Balaban J connectivity index is 2.26. The first-order chi connectivity index (χ1) is 8.45. The van der Waals surface area contributed by atoms with E-state index in [1.807, 2.05) is 6.92 Å². The lowest BCUT2D eigenvalue weighted by Crippen LogP contribution is -2.46. The number of esters is 1. The van der Waals surface area contributed by atoms with Crippen molar-refractivity contribution in [2.24, 2.45) is 5.73 Å². The van der Waals surface area contributed by atoms with Crippen LogP contribution in [-0.4, -0.2) is 34.1 Å². The highest BCUT2D eigenvalue weighted by molar-refractivity contribution is 8.01. The normalized spacial score (nSPS) is 14.2. The van der Waals surface area contributed by atoms with Crippen molar-refractivity contribution >= 4 is 29.1 Å². The summed E-state index contributed by atoms with van der Waals surface area (Å²) in [7, 11) is 0. The average molecular weight is 289 g/mol. The molecule has 0 saturated heterocycles. The molecule has 2 N–H and O–H groups in total. The maximum absolute atomic E-state index is 11.6. The summed E-state index contributed by atoms with van der Waals surface area (Å²) in [6, 6.07) is 0. The highest BCUT2D eigenvalue weighted by Crippen LogP contribution is 2.24. The third kappa shape index (κ3) is 4.91. The molecule has 0 spiro atoms. The van der Waals surface area contributed by atoms with Crippen LogP contribution >= 0.6 is 23.1 Å². The van der Waals surface area contributed by atoms with Crippen LogP contribution < -0.4 is 5.73 Å². The van der Waals surface area contributed by atoms with Crippen LogP contribution in [0.15, 0.2) is 4.34 Å². The van der Waals surface area contributed by atoms with Crippen molar-refractivity contribution in [2.45, 2.75) is 43.5 Å². The number of ether oxygens (including phenoxy) is 1. The van der Waals surface area contributed by atoms with Gasteiger partial charge in [-0.2, -0.15) is 0 Å². The van der Waals surface area contributed by atoms with Gasteiger partial charge in [-0.3, -0.25) is 4.79 Å². The lowest BCUT2D eigenvalue weighted by Gasteiger charge is -2.21. The van der Waals surface area contributed by atoms with Crippen LogP contribution in [0.1, 0.15) is 31.7 Å². The predicted molar refractivity (Wildman–Crippen MR) is 73.8 cm³/mol. The largest absolute Gasteiger partial charge is 0.465 e. The van der Waals surface area contributed by atoms with E-state index in [2.05, 4.69) is 10.2 Å². The van der Waals surface area contributed by atoms with Gasteiger partial charge in [-0.15, -0.1) is 10.2 Å². The highest BCUT2D eigenvalue weighted by atomic mass is 32.2. The quantitative estimate of drug-likeness (QED) is 0.470. The molecule has 1 rings (SSSR count). The van der Waals surface area contributed by atoms with Crippen LogP contribution in [-0.2, 0) is 9.53 Å². The third-order valence-electron chi connectivity index (χ3n) is 2.32. The first-order valence-corrected chi connectivity index (χ1v) is 7.65. The fourth-order valence-corrected chi connectivity index (χ4v) is 3.16. The Morgan fingerprint density at radius 2 is 2.28 bits per heavy atom. The van der Waals surface area contributed by atoms with Crippen LogP contribution in [0.2, 0.25) is 0 Å². The van der Waals surface area contributed by atoms with Gasteiger partial charge in [0, 0.05) is 5.75 Å². The van der Waals surface area contributed by atoms with Crippen molar-refractivity contribution in [2.75, 3.05) is 12.4 Å². The number of nitrogens with zero attached hydrogens (tertiary/aromatic N) is 2. The lowest BCUT2D eigenvalue weighted by atomic mass is 9.98. The zero-order valence-electron chi connectivity index (χ0n) is 10.9. The van der Waals surface area contributed by atoms with Crippen molar-refractivity contribution in [3.05, 3.63) is 5.01 Å². The number of hydrogen-bond acceptors (Lipinski definition) is 7. The molecule has 0 aliphatic heterocycles. The molecule has 18 heavy (non-hydrogen) atoms. The topological polar surface area (TPSA) is 78.1 Å². The van der Waals surface area contributed by atoms with E-state index in [0.717, 1.165) is 21.5 Å². The molecule has 0 radical (unpaired) electrons. The molecule has 0 fully saturated rings. The summed E-state index contributed by atoms with van der Waals surface area (Å²) in [6.07, 6.45) is 1.45.